The van der Waals surface area contributed by atoms with Crippen LogP contribution < -0.4 is 20.5 Å². The fourth-order valence-corrected chi connectivity index (χ4v) is 3.01. The van der Waals surface area contributed by atoms with Gasteiger partial charge in [0.1, 0.15) is 6.61 Å². The van der Waals surface area contributed by atoms with E-state index in [2.05, 4.69) is 10.3 Å². The van der Waals surface area contributed by atoms with Gasteiger partial charge in [0, 0.05) is 41.7 Å². The van der Waals surface area contributed by atoms with Crippen molar-refractivity contribution in [2.75, 3.05) is 12.4 Å². The number of pyridine rings is 1. The number of ether oxygens (including phenoxy) is 2. The largest absolute Gasteiger partial charge is 0.493 e. The number of nitrogens with one attached hydrogen (secondary N) is 1. The highest BCUT2D eigenvalue weighted by atomic mass is 35.5. The first kappa shape index (κ1) is 23.0. The molecule has 3 N–H and O–H groups in total. The van der Waals surface area contributed by atoms with Crippen molar-refractivity contribution < 1.29 is 14.3 Å². The normalized spacial score (nSPS) is 18.0. The lowest BCUT2D eigenvalue weighted by atomic mass is 10.1. The molecule has 2 unspecified atom stereocenters. The van der Waals surface area contributed by atoms with Crippen LogP contribution in [-0.4, -0.2) is 24.0 Å². The van der Waals surface area contributed by atoms with Crippen LogP contribution in [0.3, 0.4) is 0 Å². The Balaban J connectivity index is 0.00000182. The first-order chi connectivity index (χ1) is 12.2. The van der Waals surface area contributed by atoms with Crippen molar-refractivity contribution >= 4 is 36.4 Å². The first-order valence-electron chi connectivity index (χ1n) is 8.42. The Morgan fingerprint density at radius 1 is 1.26 bits per heavy atom. The number of amides is 1. The molecule has 1 fully saturated rings. The Kier molecular flexibility index (Phi) is 9.35. The number of anilines is 1. The Morgan fingerprint density at radius 2 is 2.07 bits per heavy atom. The molecule has 0 aliphatic heterocycles. The van der Waals surface area contributed by atoms with Crippen molar-refractivity contribution in [1.29, 1.82) is 0 Å². The maximum atomic E-state index is 12.4. The Hall–Kier alpha value is -2.02. The summed E-state index contributed by atoms with van der Waals surface area (Å²) in [6.07, 6.45) is 5.95. The van der Waals surface area contributed by atoms with Crippen molar-refractivity contribution in [2.24, 2.45) is 11.7 Å². The number of hydrogen-bond donors (Lipinski definition) is 2. The fourth-order valence-electron chi connectivity index (χ4n) is 3.01. The Bertz CT molecular complexity index is 731. The van der Waals surface area contributed by atoms with Gasteiger partial charge in [-0.05, 0) is 37.5 Å². The molecule has 0 spiro atoms. The molecular formula is C19H25Cl2N3O3. The molecule has 1 aliphatic carbocycles. The van der Waals surface area contributed by atoms with Crippen LogP contribution in [0.25, 0.3) is 0 Å². The molecule has 1 saturated carbocycles. The van der Waals surface area contributed by atoms with Crippen LogP contribution in [-0.2, 0) is 11.4 Å². The number of nitrogens with two attached hydrogens (primary N) is 1. The maximum absolute atomic E-state index is 12.4. The van der Waals surface area contributed by atoms with Crippen LogP contribution in [0.5, 0.6) is 11.5 Å². The zero-order valence-electron chi connectivity index (χ0n) is 15.1. The molecule has 2 atom stereocenters. The van der Waals surface area contributed by atoms with Gasteiger partial charge in [0.05, 0.1) is 7.11 Å². The molecule has 0 radical (unpaired) electrons. The van der Waals surface area contributed by atoms with Crippen molar-refractivity contribution in [2.45, 2.75) is 31.9 Å². The fraction of sp³-hybridized carbons (Fsp3) is 0.368. The average Bonchev–Trinajstić information content (AvgIpc) is 3.07. The molecule has 0 saturated heterocycles. The number of carbonyl (C=O) groups is 1. The monoisotopic (exact) mass is 413 g/mol. The van der Waals surface area contributed by atoms with E-state index in [0.717, 1.165) is 24.8 Å². The van der Waals surface area contributed by atoms with Gasteiger partial charge in [0.2, 0.25) is 5.91 Å². The molecule has 1 aliphatic rings. The van der Waals surface area contributed by atoms with E-state index < -0.39 is 0 Å². The van der Waals surface area contributed by atoms with Crippen LogP contribution in [0.15, 0.2) is 42.7 Å². The van der Waals surface area contributed by atoms with Crippen molar-refractivity contribution in [1.82, 2.24) is 4.98 Å². The third-order valence-electron chi connectivity index (χ3n) is 4.39. The van der Waals surface area contributed by atoms with E-state index in [4.69, 9.17) is 15.2 Å². The molecule has 1 heterocycles. The van der Waals surface area contributed by atoms with Gasteiger partial charge < -0.3 is 20.5 Å². The summed E-state index contributed by atoms with van der Waals surface area (Å²) in [6, 6.07) is 9.30. The van der Waals surface area contributed by atoms with E-state index in [1.165, 1.54) is 0 Å². The summed E-state index contributed by atoms with van der Waals surface area (Å²) in [5.74, 6) is 1.19. The quantitative estimate of drug-likeness (QED) is 0.755. The van der Waals surface area contributed by atoms with Gasteiger partial charge in [-0.2, -0.15) is 0 Å². The number of nitrogens with zero attached hydrogens (tertiary/aromatic N) is 1. The van der Waals surface area contributed by atoms with Gasteiger partial charge in [-0.25, -0.2) is 0 Å². The highest BCUT2D eigenvalue weighted by Crippen LogP contribution is 2.32. The molecule has 1 aromatic heterocycles. The standard InChI is InChI=1S/C19H23N3O3.2ClH/c1-24-17-7-6-16(22-19(23)14-4-5-15(20)9-14)10-18(17)25-12-13-3-2-8-21-11-13;;/h2-3,6-8,10-11,14-15H,4-5,9,12,20H2,1H3,(H,22,23);2*1H. The van der Waals surface area contributed by atoms with Gasteiger partial charge >= 0.3 is 0 Å². The predicted octanol–water partition coefficient (Wildman–Crippen LogP) is 3.58. The molecule has 8 heteroatoms. The Morgan fingerprint density at radius 3 is 2.70 bits per heavy atom. The lowest BCUT2D eigenvalue weighted by Crippen LogP contribution is -2.23. The summed E-state index contributed by atoms with van der Waals surface area (Å²) in [5, 5.41) is 2.95. The lowest BCUT2D eigenvalue weighted by Gasteiger charge is -2.14. The predicted molar refractivity (Wildman–Crippen MR) is 110 cm³/mol. The third-order valence-corrected chi connectivity index (χ3v) is 4.39. The van der Waals surface area contributed by atoms with Crippen molar-refractivity contribution in [3.05, 3.63) is 48.3 Å². The second-order valence-electron chi connectivity index (χ2n) is 6.27. The number of aromatic nitrogens is 1. The minimum atomic E-state index is -0.0168. The molecule has 1 amide bonds. The van der Waals surface area contributed by atoms with Gasteiger partial charge in [0.15, 0.2) is 11.5 Å². The topological polar surface area (TPSA) is 86.5 Å². The minimum absolute atomic E-state index is 0. The highest BCUT2D eigenvalue weighted by Gasteiger charge is 2.27. The number of carbonyl (C=O) groups excluding carboxylic acids is 1. The molecule has 3 rings (SSSR count). The van der Waals surface area contributed by atoms with Crippen LogP contribution in [0, 0.1) is 5.92 Å². The zero-order chi connectivity index (χ0) is 17.6. The molecule has 148 valence electrons. The number of rotatable bonds is 6. The number of benzene rings is 1. The summed E-state index contributed by atoms with van der Waals surface area (Å²) in [4.78, 5) is 16.4. The Labute approximate surface area is 171 Å². The molecular weight excluding hydrogens is 389 g/mol. The summed E-state index contributed by atoms with van der Waals surface area (Å²) in [6.45, 7) is 0.374. The third kappa shape index (κ3) is 6.27. The molecule has 2 aromatic rings. The second kappa shape index (κ2) is 11.0. The summed E-state index contributed by atoms with van der Waals surface area (Å²) in [5.41, 5.74) is 7.54. The van der Waals surface area contributed by atoms with Crippen molar-refractivity contribution in [3.8, 4) is 11.5 Å². The number of hydrogen-bond acceptors (Lipinski definition) is 5. The van der Waals surface area contributed by atoms with E-state index in [1.54, 1.807) is 31.6 Å². The molecule has 27 heavy (non-hydrogen) atoms. The first-order valence-corrected chi connectivity index (χ1v) is 8.42. The number of methoxy groups -OCH3 is 1. The molecule has 0 bridgehead atoms. The van der Waals surface area contributed by atoms with Gasteiger partial charge in [-0.1, -0.05) is 6.07 Å². The van der Waals surface area contributed by atoms with Gasteiger partial charge in [-0.15, -0.1) is 24.8 Å². The van der Waals surface area contributed by atoms with Gasteiger partial charge in [-0.3, -0.25) is 9.78 Å². The summed E-state index contributed by atoms with van der Waals surface area (Å²) >= 11 is 0. The van der Waals surface area contributed by atoms with Crippen LogP contribution in [0.1, 0.15) is 24.8 Å². The molecule has 6 nitrogen and oxygen atoms in total. The SMILES string of the molecule is COc1ccc(NC(=O)C2CCC(N)C2)cc1OCc1cccnc1.Cl.Cl. The van der Waals surface area contributed by atoms with E-state index in [9.17, 15) is 4.79 Å². The number of halogens is 2. The average molecular weight is 414 g/mol. The maximum Gasteiger partial charge on any atom is 0.227 e. The molecule has 1 aromatic carbocycles. The van der Waals surface area contributed by atoms with E-state index >= 15 is 0 Å². The smallest absolute Gasteiger partial charge is 0.227 e. The van der Waals surface area contributed by atoms with Gasteiger partial charge in [0.25, 0.3) is 0 Å². The minimum Gasteiger partial charge on any atom is -0.493 e. The van der Waals surface area contributed by atoms with E-state index in [0.29, 0.717) is 23.8 Å². The highest BCUT2D eigenvalue weighted by molar-refractivity contribution is 5.93. The van der Waals surface area contributed by atoms with E-state index in [1.807, 2.05) is 18.2 Å². The summed E-state index contributed by atoms with van der Waals surface area (Å²) in [7, 11) is 1.59. The van der Waals surface area contributed by atoms with Crippen LogP contribution in [0.4, 0.5) is 5.69 Å². The van der Waals surface area contributed by atoms with Crippen molar-refractivity contribution in [3.63, 3.8) is 0 Å². The van der Waals surface area contributed by atoms with Crippen LogP contribution in [0.2, 0.25) is 0 Å². The zero-order valence-corrected chi connectivity index (χ0v) is 16.7. The van der Waals surface area contributed by atoms with E-state index in [-0.39, 0.29) is 42.7 Å². The van der Waals surface area contributed by atoms with Crippen LogP contribution >= 0.6 is 24.8 Å². The second-order valence-corrected chi connectivity index (χ2v) is 6.27. The summed E-state index contributed by atoms with van der Waals surface area (Å²) < 4.78 is 11.2. The lowest BCUT2D eigenvalue weighted by molar-refractivity contribution is -0.119.